The lowest BCUT2D eigenvalue weighted by molar-refractivity contribution is 0.298. The molecule has 0 unspecified atom stereocenters. The zero-order chi connectivity index (χ0) is 13.5. The molecular weight excluding hydrogens is 232 g/mol. The molecule has 1 saturated heterocycles. The lowest BCUT2D eigenvalue weighted by Gasteiger charge is -2.17. The third kappa shape index (κ3) is 4.81. The molecule has 0 aromatic heterocycles. The number of hydrogen-bond acceptors (Lipinski definition) is 2. The van der Waals surface area contributed by atoms with Crippen LogP contribution in [0.4, 0.5) is 0 Å². The maximum Gasteiger partial charge on any atom is 0.0107 e. The topological polar surface area (TPSA) is 15.3 Å². The van der Waals surface area contributed by atoms with E-state index in [1.807, 2.05) is 0 Å². The summed E-state index contributed by atoms with van der Waals surface area (Å²) in [5.41, 5.74) is 4.07. The molecule has 19 heavy (non-hydrogen) atoms. The van der Waals surface area contributed by atoms with Crippen molar-refractivity contribution in [2.24, 2.45) is 0 Å². The average Bonchev–Trinajstić information content (AvgIpc) is 2.67. The minimum absolute atomic E-state index is 1.14. The van der Waals surface area contributed by atoms with Gasteiger partial charge in [-0.05, 0) is 56.5 Å². The van der Waals surface area contributed by atoms with Crippen LogP contribution < -0.4 is 5.32 Å². The second-order valence-corrected chi connectivity index (χ2v) is 5.48. The van der Waals surface area contributed by atoms with Crippen molar-refractivity contribution in [2.75, 3.05) is 32.7 Å². The van der Waals surface area contributed by atoms with Gasteiger partial charge in [-0.15, -0.1) is 0 Å². The first-order chi connectivity index (χ1) is 9.25. The first kappa shape index (κ1) is 14.3. The Morgan fingerprint density at radius 1 is 1.16 bits per heavy atom. The van der Waals surface area contributed by atoms with E-state index in [-0.39, 0.29) is 0 Å². The van der Waals surface area contributed by atoms with Gasteiger partial charge in [-0.2, -0.15) is 0 Å². The van der Waals surface area contributed by atoms with Crippen LogP contribution in [0.2, 0.25) is 0 Å². The standard InChI is InChI=1S/C17H26N2/c1-15-7-8-17(14-16(15)2)6-3-4-11-19-12-5-9-18-10-13-19/h3,6-8,14,18H,4-5,9-13H2,1-2H3/b6-3+. The molecule has 2 rings (SSSR count). The molecule has 1 aromatic carbocycles. The van der Waals surface area contributed by atoms with E-state index in [4.69, 9.17) is 0 Å². The summed E-state index contributed by atoms with van der Waals surface area (Å²) in [5, 5.41) is 3.45. The molecule has 0 aliphatic carbocycles. The average molecular weight is 258 g/mol. The summed E-state index contributed by atoms with van der Waals surface area (Å²) in [6.07, 6.45) is 6.98. The van der Waals surface area contributed by atoms with E-state index in [1.165, 1.54) is 49.3 Å². The molecule has 1 N–H and O–H groups in total. The highest BCUT2D eigenvalue weighted by Gasteiger charge is 2.06. The number of aryl methyl sites for hydroxylation is 2. The van der Waals surface area contributed by atoms with Gasteiger partial charge in [0.1, 0.15) is 0 Å². The predicted molar refractivity (Wildman–Crippen MR) is 83.5 cm³/mol. The van der Waals surface area contributed by atoms with E-state index >= 15 is 0 Å². The zero-order valence-corrected chi connectivity index (χ0v) is 12.3. The van der Waals surface area contributed by atoms with Crippen molar-refractivity contribution in [3.63, 3.8) is 0 Å². The van der Waals surface area contributed by atoms with Gasteiger partial charge in [0.15, 0.2) is 0 Å². The second kappa shape index (κ2) is 7.46. The van der Waals surface area contributed by atoms with Gasteiger partial charge < -0.3 is 10.2 Å². The van der Waals surface area contributed by atoms with Crippen molar-refractivity contribution in [1.82, 2.24) is 10.2 Å². The van der Waals surface area contributed by atoms with Crippen LogP contribution in [0.25, 0.3) is 6.08 Å². The zero-order valence-electron chi connectivity index (χ0n) is 12.3. The third-order valence-corrected chi connectivity index (χ3v) is 3.89. The van der Waals surface area contributed by atoms with Crippen LogP contribution >= 0.6 is 0 Å². The molecule has 0 radical (unpaired) electrons. The summed E-state index contributed by atoms with van der Waals surface area (Å²) in [7, 11) is 0. The number of nitrogens with one attached hydrogen (secondary N) is 1. The Hall–Kier alpha value is -1.12. The van der Waals surface area contributed by atoms with Crippen molar-refractivity contribution in [3.8, 4) is 0 Å². The number of rotatable bonds is 4. The monoisotopic (exact) mass is 258 g/mol. The Morgan fingerprint density at radius 2 is 2.05 bits per heavy atom. The van der Waals surface area contributed by atoms with Crippen LogP contribution in [0.15, 0.2) is 24.3 Å². The fourth-order valence-electron chi connectivity index (χ4n) is 2.47. The van der Waals surface area contributed by atoms with Crippen LogP contribution in [0, 0.1) is 13.8 Å². The lowest BCUT2D eigenvalue weighted by atomic mass is 10.1. The smallest absolute Gasteiger partial charge is 0.0107 e. The summed E-state index contributed by atoms with van der Waals surface area (Å²) in [6, 6.07) is 6.67. The molecule has 1 aliphatic rings. The van der Waals surface area contributed by atoms with Crippen LogP contribution in [0.5, 0.6) is 0 Å². The highest BCUT2D eigenvalue weighted by molar-refractivity contribution is 5.51. The van der Waals surface area contributed by atoms with Crippen molar-refractivity contribution < 1.29 is 0 Å². The molecule has 1 fully saturated rings. The summed E-state index contributed by atoms with van der Waals surface area (Å²) >= 11 is 0. The maximum absolute atomic E-state index is 3.45. The molecule has 1 heterocycles. The first-order valence-corrected chi connectivity index (χ1v) is 7.42. The van der Waals surface area contributed by atoms with Crippen LogP contribution in [-0.2, 0) is 0 Å². The normalized spacial score (nSPS) is 17.8. The van der Waals surface area contributed by atoms with E-state index in [0.29, 0.717) is 0 Å². The van der Waals surface area contributed by atoms with Gasteiger partial charge in [-0.25, -0.2) is 0 Å². The van der Waals surface area contributed by atoms with E-state index in [2.05, 4.69) is 54.4 Å². The van der Waals surface area contributed by atoms with Gasteiger partial charge in [0.05, 0.1) is 0 Å². The molecule has 0 spiro atoms. The van der Waals surface area contributed by atoms with E-state index < -0.39 is 0 Å². The summed E-state index contributed by atoms with van der Waals surface area (Å²) in [5.74, 6) is 0. The van der Waals surface area contributed by atoms with Crippen LogP contribution in [0.3, 0.4) is 0 Å². The summed E-state index contributed by atoms with van der Waals surface area (Å²) < 4.78 is 0. The van der Waals surface area contributed by atoms with Gasteiger partial charge >= 0.3 is 0 Å². The van der Waals surface area contributed by atoms with Gasteiger partial charge in [0, 0.05) is 19.6 Å². The quantitative estimate of drug-likeness (QED) is 0.893. The highest BCUT2D eigenvalue weighted by atomic mass is 15.1. The van der Waals surface area contributed by atoms with Crippen molar-refractivity contribution in [1.29, 1.82) is 0 Å². The predicted octanol–water partition coefficient (Wildman–Crippen LogP) is 3.00. The van der Waals surface area contributed by atoms with E-state index in [1.54, 1.807) is 0 Å². The molecule has 1 aliphatic heterocycles. The number of benzene rings is 1. The minimum atomic E-state index is 1.14. The Kier molecular flexibility index (Phi) is 5.62. The van der Waals surface area contributed by atoms with E-state index in [9.17, 15) is 0 Å². The molecule has 104 valence electrons. The van der Waals surface area contributed by atoms with E-state index in [0.717, 1.165) is 13.0 Å². The molecule has 0 atom stereocenters. The minimum Gasteiger partial charge on any atom is -0.315 e. The van der Waals surface area contributed by atoms with Gasteiger partial charge in [-0.3, -0.25) is 0 Å². The first-order valence-electron chi connectivity index (χ1n) is 7.42. The fourth-order valence-corrected chi connectivity index (χ4v) is 2.47. The Bertz CT molecular complexity index is 415. The SMILES string of the molecule is Cc1ccc(/C=C/CCN2CCCNCC2)cc1C. The maximum atomic E-state index is 3.45. The van der Waals surface area contributed by atoms with Crippen LogP contribution in [-0.4, -0.2) is 37.6 Å². The molecule has 0 bridgehead atoms. The Morgan fingerprint density at radius 3 is 2.89 bits per heavy atom. The summed E-state index contributed by atoms with van der Waals surface area (Å²) in [6.45, 7) is 10.3. The lowest BCUT2D eigenvalue weighted by Crippen LogP contribution is -2.28. The second-order valence-electron chi connectivity index (χ2n) is 5.48. The van der Waals surface area contributed by atoms with Crippen molar-refractivity contribution >= 4 is 6.08 Å². The molecular formula is C17H26N2. The highest BCUT2D eigenvalue weighted by Crippen LogP contribution is 2.11. The Labute approximate surface area is 117 Å². The molecule has 2 nitrogen and oxygen atoms in total. The molecule has 0 amide bonds. The molecule has 0 saturated carbocycles. The van der Waals surface area contributed by atoms with Crippen LogP contribution in [0.1, 0.15) is 29.5 Å². The largest absolute Gasteiger partial charge is 0.315 e. The van der Waals surface area contributed by atoms with Crippen molar-refractivity contribution in [2.45, 2.75) is 26.7 Å². The summed E-state index contributed by atoms with van der Waals surface area (Å²) in [4.78, 5) is 2.56. The molecule has 2 heteroatoms. The number of hydrogen-bond donors (Lipinski definition) is 1. The van der Waals surface area contributed by atoms with Gasteiger partial charge in [-0.1, -0.05) is 30.4 Å². The van der Waals surface area contributed by atoms with Crippen molar-refractivity contribution in [3.05, 3.63) is 41.0 Å². The number of nitrogens with zero attached hydrogens (tertiary/aromatic N) is 1. The fraction of sp³-hybridized carbons (Fsp3) is 0.529. The van der Waals surface area contributed by atoms with Gasteiger partial charge in [0.25, 0.3) is 0 Å². The Balaban J connectivity index is 1.77. The third-order valence-electron chi connectivity index (χ3n) is 3.89. The van der Waals surface area contributed by atoms with Gasteiger partial charge in [0.2, 0.25) is 0 Å². The molecule has 1 aromatic rings.